The summed E-state index contributed by atoms with van der Waals surface area (Å²) in [5.41, 5.74) is 1.95. The van der Waals surface area contributed by atoms with Gasteiger partial charge in [-0.05, 0) is 18.6 Å². The van der Waals surface area contributed by atoms with Crippen molar-refractivity contribution in [3.8, 4) is 0 Å². The van der Waals surface area contributed by atoms with Crippen LogP contribution in [0.4, 0.5) is 5.69 Å². The molecule has 0 radical (unpaired) electrons. The van der Waals surface area contributed by atoms with Crippen LogP contribution >= 0.6 is 0 Å². The van der Waals surface area contributed by atoms with Gasteiger partial charge in [0, 0.05) is 31.6 Å². The van der Waals surface area contributed by atoms with E-state index < -0.39 is 0 Å². The molecule has 0 aliphatic rings. The average Bonchev–Trinajstić information content (AvgIpc) is 2.35. The molecule has 0 atom stereocenters. The fraction of sp³-hybridized carbons (Fsp3) is 0.467. The molecule has 4 heteroatoms. The van der Waals surface area contributed by atoms with E-state index in [2.05, 4.69) is 5.32 Å². The van der Waals surface area contributed by atoms with Crippen molar-refractivity contribution in [1.82, 2.24) is 5.32 Å². The van der Waals surface area contributed by atoms with E-state index >= 15 is 0 Å². The van der Waals surface area contributed by atoms with E-state index in [4.69, 9.17) is 0 Å². The summed E-state index contributed by atoms with van der Waals surface area (Å²) < 4.78 is 0. The average molecular weight is 262 g/mol. The number of nitrogens with one attached hydrogen (secondary N) is 1. The third-order valence-corrected chi connectivity index (χ3v) is 2.95. The van der Waals surface area contributed by atoms with Crippen LogP contribution < -0.4 is 10.2 Å². The Bertz CT molecular complexity index is 455. The van der Waals surface area contributed by atoms with Gasteiger partial charge in [0.25, 0.3) is 0 Å². The second kappa shape index (κ2) is 6.92. The lowest BCUT2D eigenvalue weighted by atomic mass is 10.1. The maximum atomic E-state index is 11.7. The lowest BCUT2D eigenvalue weighted by Gasteiger charge is -2.23. The Morgan fingerprint density at radius 1 is 1.26 bits per heavy atom. The zero-order chi connectivity index (χ0) is 14.4. The number of anilines is 1. The Kier molecular flexibility index (Phi) is 5.55. The van der Waals surface area contributed by atoms with Crippen molar-refractivity contribution in [3.05, 3.63) is 29.8 Å². The Morgan fingerprint density at radius 3 is 2.42 bits per heavy atom. The Balaban J connectivity index is 2.68. The largest absolute Gasteiger partial charge is 0.354 e. The molecule has 0 unspecified atom stereocenters. The van der Waals surface area contributed by atoms with Crippen molar-refractivity contribution in [2.24, 2.45) is 5.92 Å². The van der Waals surface area contributed by atoms with E-state index in [-0.39, 0.29) is 17.7 Å². The summed E-state index contributed by atoms with van der Waals surface area (Å²) in [6.07, 6.45) is 0. The molecule has 104 valence electrons. The van der Waals surface area contributed by atoms with Crippen LogP contribution in [-0.2, 0) is 9.59 Å². The molecule has 0 saturated carbocycles. The SMILES string of the molecule is CC(=O)N(CCNC(=O)C(C)C)c1ccccc1C. The zero-order valence-corrected chi connectivity index (χ0v) is 12.1. The van der Waals surface area contributed by atoms with E-state index in [1.807, 2.05) is 45.0 Å². The fourth-order valence-corrected chi connectivity index (χ4v) is 1.81. The van der Waals surface area contributed by atoms with Gasteiger partial charge in [-0.1, -0.05) is 32.0 Å². The van der Waals surface area contributed by atoms with Gasteiger partial charge >= 0.3 is 0 Å². The van der Waals surface area contributed by atoms with Gasteiger partial charge in [-0.2, -0.15) is 0 Å². The number of hydrogen-bond acceptors (Lipinski definition) is 2. The van der Waals surface area contributed by atoms with E-state index in [0.29, 0.717) is 13.1 Å². The highest BCUT2D eigenvalue weighted by atomic mass is 16.2. The summed E-state index contributed by atoms with van der Waals surface area (Å²) in [6.45, 7) is 8.15. The van der Waals surface area contributed by atoms with Crippen LogP contribution in [0.3, 0.4) is 0 Å². The molecule has 0 aliphatic carbocycles. The summed E-state index contributed by atoms with van der Waals surface area (Å²) in [4.78, 5) is 24.9. The molecule has 0 aromatic heterocycles. The van der Waals surface area contributed by atoms with Gasteiger partial charge in [-0.3, -0.25) is 9.59 Å². The molecule has 1 aromatic rings. The highest BCUT2D eigenvalue weighted by Crippen LogP contribution is 2.18. The van der Waals surface area contributed by atoms with E-state index in [1.165, 1.54) is 6.92 Å². The molecule has 0 fully saturated rings. The lowest BCUT2D eigenvalue weighted by molar-refractivity contribution is -0.124. The van der Waals surface area contributed by atoms with Gasteiger partial charge < -0.3 is 10.2 Å². The van der Waals surface area contributed by atoms with Crippen LogP contribution in [-0.4, -0.2) is 24.9 Å². The normalized spacial score (nSPS) is 10.4. The molecule has 4 nitrogen and oxygen atoms in total. The first-order valence-corrected chi connectivity index (χ1v) is 6.55. The molecule has 0 heterocycles. The number of carbonyl (C=O) groups excluding carboxylic acids is 2. The van der Waals surface area contributed by atoms with Crippen molar-refractivity contribution in [3.63, 3.8) is 0 Å². The number of rotatable bonds is 5. The van der Waals surface area contributed by atoms with E-state index in [1.54, 1.807) is 4.90 Å². The minimum Gasteiger partial charge on any atom is -0.354 e. The van der Waals surface area contributed by atoms with Gasteiger partial charge in [0.2, 0.25) is 11.8 Å². The van der Waals surface area contributed by atoms with Crippen LogP contribution in [0.15, 0.2) is 24.3 Å². The Hall–Kier alpha value is -1.84. The monoisotopic (exact) mass is 262 g/mol. The molecular formula is C15H22N2O2. The van der Waals surface area contributed by atoms with Crippen LogP contribution in [0.2, 0.25) is 0 Å². The zero-order valence-electron chi connectivity index (χ0n) is 12.1. The third-order valence-electron chi connectivity index (χ3n) is 2.95. The Morgan fingerprint density at radius 2 is 1.89 bits per heavy atom. The smallest absolute Gasteiger partial charge is 0.223 e. The van der Waals surface area contributed by atoms with Gasteiger partial charge in [-0.25, -0.2) is 0 Å². The van der Waals surface area contributed by atoms with Gasteiger partial charge in [-0.15, -0.1) is 0 Å². The van der Waals surface area contributed by atoms with Gasteiger partial charge in [0.1, 0.15) is 0 Å². The Labute approximate surface area is 114 Å². The number of hydrogen-bond donors (Lipinski definition) is 1. The predicted molar refractivity (Wildman–Crippen MR) is 77.1 cm³/mol. The number of benzene rings is 1. The lowest BCUT2D eigenvalue weighted by Crippen LogP contribution is -2.39. The summed E-state index contributed by atoms with van der Waals surface area (Å²) in [5, 5.41) is 2.82. The van der Waals surface area contributed by atoms with Crippen LogP contribution in [0.25, 0.3) is 0 Å². The van der Waals surface area contributed by atoms with Crippen LogP contribution in [0.5, 0.6) is 0 Å². The van der Waals surface area contributed by atoms with Crippen molar-refractivity contribution in [2.45, 2.75) is 27.7 Å². The predicted octanol–water partition coefficient (Wildman–Crippen LogP) is 2.12. The van der Waals surface area contributed by atoms with Gasteiger partial charge in [0.05, 0.1) is 0 Å². The standard InChI is InChI=1S/C15H22N2O2/c1-11(2)15(19)16-9-10-17(13(4)18)14-8-6-5-7-12(14)3/h5-8,11H,9-10H2,1-4H3,(H,16,19). The van der Waals surface area contributed by atoms with Crippen molar-refractivity contribution < 1.29 is 9.59 Å². The molecule has 1 N–H and O–H groups in total. The molecule has 1 aromatic carbocycles. The third kappa shape index (κ3) is 4.39. The highest BCUT2D eigenvalue weighted by Gasteiger charge is 2.14. The summed E-state index contributed by atoms with van der Waals surface area (Å²) in [7, 11) is 0. The number of para-hydroxylation sites is 1. The summed E-state index contributed by atoms with van der Waals surface area (Å²) >= 11 is 0. The molecule has 0 bridgehead atoms. The first kappa shape index (κ1) is 15.2. The molecule has 1 rings (SSSR count). The van der Waals surface area contributed by atoms with Crippen molar-refractivity contribution in [1.29, 1.82) is 0 Å². The summed E-state index contributed by atoms with van der Waals surface area (Å²) in [5.74, 6) is -0.0504. The molecule has 0 saturated heterocycles. The topological polar surface area (TPSA) is 49.4 Å². The fourth-order valence-electron chi connectivity index (χ4n) is 1.81. The van der Waals surface area contributed by atoms with E-state index in [0.717, 1.165) is 11.3 Å². The van der Waals surface area contributed by atoms with Crippen LogP contribution in [0.1, 0.15) is 26.3 Å². The van der Waals surface area contributed by atoms with Gasteiger partial charge in [0.15, 0.2) is 0 Å². The number of carbonyl (C=O) groups is 2. The van der Waals surface area contributed by atoms with Crippen molar-refractivity contribution >= 4 is 17.5 Å². The molecule has 0 spiro atoms. The maximum Gasteiger partial charge on any atom is 0.223 e. The first-order chi connectivity index (χ1) is 8.93. The quantitative estimate of drug-likeness (QED) is 0.883. The van der Waals surface area contributed by atoms with E-state index in [9.17, 15) is 9.59 Å². The number of nitrogens with zero attached hydrogens (tertiary/aromatic N) is 1. The number of aryl methyl sites for hydroxylation is 1. The number of amides is 2. The molecule has 0 aliphatic heterocycles. The second-order valence-electron chi connectivity index (χ2n) is 4.90. The van der Waals surface area contributed by atoms with Crippen LogP contribution in [0, 0.1) is 12.8 Å². The maximum absolute atomic E-state index is 11.7. The first-order valence-electron chi connectivity index (χ1n) is 6.55. The summed E-state index contributed by atoms with van der Waals surface area (Å²) in [6, 6.07) is 7.74. The molecule has 19 heavy (non-hydrogen) atoms. The minimum atomic E-state index is -0.0377. The second-order valence-corrected chi connectivity index (χ2v) is 4.90. The molecular weight excluding hydrogens is 240 g/mol. The molecule has 2 amide bonds. The minimum absolute atomic E-state index is 0.00767. The van der Waals surface area contributed by atoms with Crippen molar-refractivity contribution in [2.75, 3.05) is 18.0 Å². The highest BCUT2D eigenvalue weighted by molar-refractivity contribution is 5.92.